The first-order chi connectivity index (χ1) is 9.70. The number of aliphatic carboxylic acids is 4. The largest absolute Gasteiger partial charge is 0.481 e. The van der Waals surface area contributed by atoms with E-state index in [2.05, 4.69) is 0 Å². The van der Waals surface area contributed by atoms with Crippen LogP contribution in [0.1, 0.15) is 27.7 Å². The molecule has 0 heterocycles. The molecule has 0 bridgehead atoms. The molecule has 9 N–H and O–H groups in total. The van der Waals surface area contributed by atoms with Gasteiger partial charge in [0.1, 0.15) is 0 Å². The molecule has 22 heavy (non-hydrogen) atoms. The van der Waals surface area contributed by atoms with Gasteiger partial charge < -0.3 is 25.5 Å². The number of nitrogens with two attached hydrogens (primary N) is 2. The van der Waals surface area contributed by atoms with E-state index in [9.17, 15) is 0 Å². The van der Waals surface area contributed by atoms with Gasteiger partial charge in [0.05, 0.1) is 13.2 Å². The Hall–Kier alpha value is -2.28. The van der Waals surface area contributed by atoms with Gasteiger partial charge >= 0.3 is 0 Å². The average Bonchev–Trinajstić information content (AvgIpc) is 2.12. The minimum absolute atomic E-state index is 0.00694. The smallest absolute Gasteiger partial charge is 0.300 e. The van der Waals surface area contributed by atoms with Gasteiger partial charge in [-0.15, -0.1) is 0 Å². The van der Waals surface area contributed by atoms with Crippen molar-refractivity contribution in [1.29, 1.82) is 0 Å². The number of carboxylic acids is 4. The summed E-state index contributed by atoms with van der Waals surface area (Å²) >= 11 is 0. The third-order valence-corrected chi connectivity index (χ3v) is 0.358. The zero-order chi connectivity index (χ0) is 19.3. The van der Waals surface area contributed by atoms with Crippen molar-refractivity contribution in [3.63, 3.8) is 0 Å². The molecule has 0 aromatic heterocycles. The molecule has 0 spiro atoms. The summed E-state index contributed by atoms with van der Waals surface area (Å²) in [6.45, 7) is 4.66. The fraction of sp³-hybridized carbons (Fsp3) is 0.600. The molecule has 0 unspecified atom stereocenters. The van der Waals surface area contributed by atoms with Gasteiger partial charge in [-0.1, -0.05) is 0 Å². The number of carbonyl (C=O) groups is 4. The molecule has 0 radical (unpaired) electrons. The predicted octanol–water partition coefficient (Wildman–Crippen LogP) is -1.61. The first-order valence-corrected chi connectivity index (χ1v) is 5.36. The van der Waals surface area contributed by atoms with Gasteiger partial charge in [0, 0.05) is 27.7 Å². The molecule has 0 saturated heterocycles. The summed E-state index contributed by atoms with van der Waals surface area (Å²) in [4.78, 5) is 36.0. The van der Waals surface area contributed by atoms with Crippen LogP contribution in [0.25, 0.3) is 0 Å². The van der Waals surface area contributed by atoms with Crippen LogP contribution in [-0.4, -0.2) is 67.7 Å². The van der Waals surface area contributed by atoms with Crippen LogP contribution < -0.4 is 11.7 Å². The fourth-order valence-electron chi connectivity index (χ4n) is 0.115. The standard InChI is InChI=1S/C2H9N3O.4C2H4O2/c3-5(4)1-2-6;4*1-2(3)4/h6H,1-4H2;4*1H3,(H,3,4). The Kier molecular flexibility index (Phi) is 39.3. The molecule has 0 aliphatic rings. The highest BCUT2D eigenvalue weighted by atomic mass is 16.4. The number of aliphatic hydroxyl groups excluding tert-OH is 1. The Bertz CT molecular complexity index is 231. The molecule has 0 aliphatic heterocycles. The number of hydrogen-bond acceptors (Lipinski definition) is 8. The zero-order valence-corrected chi connectivity index (χ0v) is 12.9. The van der Waals surface area contributed by atoms with E-state index in [1.54, 1.807) is 0 Å². The molecular weight excluding hydrogens is 306 g/mol. The van der Waals surface area contributed by atoms with Gasteiger partial charge in [-0.25, -0.2) is 0 Å². The van der Waals surface area contributed by atoms with E-state index in [-0.39, 0.29) is 6.61 Å². The van der Waals surface area contributed by atoms with E-state index in [0.717, 1.165) is 32.8 Å². The molecular formula is C10H25N3O9. The lowest BCUT2D eigenvalue weighted by Gasteiger charge is -2.03. The summed E-state index contributed by atoms with van der Waals surface area (Å²) in [5, 5.41) is 38.6. The third-order valence-electron chi connectivity index (χ3n) is 0.358. The number of aliphatic hydroxyl groups is 1. The maximum Gasteiger partial charge on any atom is 0.300 e. The highest BCUT2D eigenvalue weighted by molar-refractivity contribution is 5.63. The summed E-state index contributed by atoms with van der Waals surface area (Å²) in [7, 11) is 0. The third kappa shape index (κ3) is 9560. The van der Waals surface area contributed by atoms with Crippen LogP contribution in [0.4, 0.5) is 0 Å². The van der Waals surface area contributed by atoms with Gasteiger partial charge in [-0.3, -0.25) is 30.9 Å². The maximum atomic E-state index is 9.00. The molecule has 0 rings (SSSR count). The van der Waals surface area contributed by atoms with Crippen LogP contribution in [-0.2, 0) is 19.2 Å². The van der Waals surface area contributed by atoms with E-state index >= 15 is 0 Å². The van der Waals surface area contributed by atoms with Crippen molar-refractivity contribution >= 4 is 23.9 Å². The van der Waals surface area contributed by atoms with Crippen molar-refractivity contribution in [2.45, 2.75) is 27.7 Å². The Morgan fingerprint density at radius 1 is 0.727 bits per heavy atom. The van der Waals surface area contributed by atoms with E-state index in [1.807, 2.05) is 0 Å². The molecule has 0 aromatic rings. The lowest BCUT2D eigenvalue weighted by Crippen LogP contribution is -2.39. The number of rotatable bonds is 2. The van der Waals surface area contributed by atoms with Crippen LogP contribution in [0.5, 0.6) is 0 Å². The topological polar surface area (TPSA) is 225 Å². The quantitative estimate of drug-likeness (QED) is 0.224. The number of nitrogens with zero attached hydrogens (tertiary/aromatic N) is 1. The van der Waals surface area contributed by atoms with Gasteiger partial charge in [-0.2, -0.15) is 5.12 Å². The molecule has 0 atom stereocenters. The van der Waals surface area contributed by atoms with Gasteiger partial charge in [-0.05, 0) is 0 Å². The first-order valence-electron chi connectivity index (χ1n) is 5.36. The molecule has 0 aromatic carbocycles. The molecule has 12 heteroatoms. The number of hydrogen-bond donors (Lipinski definition) is 7. The summed E-state index contributed by atoms with van der Waals surface area (Å²) in [6.07, 6.45) is 0. The van der Waals surface area contributed by atoms with Crippen molar-refractivity contribution in [1.82, 2.24) is 5.12 Å². The Morgan fingerprint density at radius 2 is 0.864 bits per heavy atom. The lowest BCUT2D eigenvalue weighted by molar-refractivity contribution is -0.135. The monoisotopic (exact) mass is 331 g/mol. The molecule has 12 nitrogen and oxygen atoms in total. The van der Waals surface area contributed by atoms with E-state index in [4.69, 9.17) is 56.4 Å². The van der Waals surface area contributed by atoms with Gasteiger partial charge in [0.25, 0.3) is 23.9 Å². The minimum atomic E-state index is -0.833. The normalized spacial score (nSPS) is 7.27. The summed E-state index contributed by atoms with van der Waals surface area (Å²) < 4.78 is 0. The highest BCUT2D eigenvalue weighted by Crippen LogP contribution is 1.55. The lowest BCUT2D eigenvalue weighted by atomic mass is 10.7. The summed E-state index contributed by atoms with van der Waals surface area (Å²) in [5.41, 5.74) is 0. The molecule has 0 fully saturated rings. The summed E-state index contributed by atoms with van der Waals surface area (Å²) in [5.74, 6) is 6.37. The molecule has 0 amide bonds. The van der Waals surface area contributed by atoms with Crippen molar-refractivity contribution in [3.8, 4) is 0 Å². The SMILES string of the molecule is CC(=O)O.CC(=O)O.CC(=O)O.CC(=O)O.NN(N)CCO. The Labute approximate surface area is 127 Å². The second kappa shape index (κ2) is 27.1. The minimum Gasteiger partial charge on any atom is -0.481 e. The highest BCUT2D eigenvalue weighted by Gasteiger charge is 1.81. The first kappa shape index (κ1) is 31.9. The van der Waals surface area contributed by atoms with Crippen molar-refractivity contribution in [2.24, 2.45) is 11.7 Å². The Balaban J connectivity index is -0.0000000555. The van der Waals surface area contributed by atoms with Crippen molar-refractivity contribution in [3.05, 3.63) is 0 Å². The maximum absolute atomic E-state index is 9.00. The van der Waals surface area contributed by atoms with Crippen LogP contribution in [0.2, 0.25) is 0 Å². The number of hydrazine groups is 2. The van der Waals surface area contributed by atoms with Crippen LogP contribution in [0, 0.1) is 0 Å². The van der Waals surface area contributed by atoms with Crippen LogP contribution in [0.15, 0.2) is 0 Å². The second-order valence-corrected chi connectivity index (χ2v) is 3.04. The summed E-state index contributed by atoms with van der Waals surface area (Å²) in [6, 6.07) is 0. The van der Waals surface area contributed by atoms with Crippen molar-refractivity contribution < 1.29 is 44.7 Å². The molecule has 0 saturated carbocycles. The zero-order valence-electron chi connectivity index (χ0n) is 12.9. The molecule has 134 valence electrons. The number of carboxylic acid groups (broad SMARTS) is 4. The van der Waals surface area contributed by atoms with Gasteiger partial charge in [0.15, 0.2) is 0 Å². The van der Waals surface area contributed by atoms with Gasteiger partial charge in [0.2, 0.25) is 0 Å². The second-order valence-electron chi connectivity index (χ2n) is 3.04. The Morgan fingerprint density at radius 3 is 0.864 bits per heavy atom. The van der Waals surface area contributed by atoms with Crippen LogP contribution >= 0.6 is 0 Å². The predicted molar refractivity (Wildman–Crippen MR) is 75.4 cm³/mol. The molecule has 0 aliphatic carbocycles. The van der Waals surface area contributed by atoms with Crippen molar-refractivity contribution in [2.75, 3.05) is 13.2 Å². The average molecular weight is 331 g/mol. The van der Waals surface area contributed by atoms with E-state index in [1.165, 1.54) is 0 Å². The van der Waals surface area contributed by atoms with E-state index < -0.39 is 23.9 Å². The van der Waals surface area contributed by atoms with Crippen LogP contribution in [0.3, 0.4) is 0 Å². The fourth-order valence-corrected chi connectivity index (χ4v) is 0.115. The van der Waals surface area contributed by atoms with E-state index in [0.29, 0.717) is 6.54 Å².